The molecule has 3 aliphatic rings. The van der Waals surface area contributed by atoms with E-state index in [4.69, 9.17) is 32.7 Å². The fourth-order valence-electron chi connectivity index (χ4n) is 5.37. The fraction of sp³-hybridized carbons (Fsp3) is 0.435. The lowest BCUT2D eigenvalue weighted by molar-refractivity contribution is -0.938. The van der Waals surface area contributed by atoms with E-state index in [9.17, 15) is 9.90 Å². The molecule has 3 heterocycles. The third-order valence-corrected chi connectivity index (χ3v) is 7.56. The third-order valence-electron chi connectivity index (χ3n) is 7.09. The molecule has 0 spiro atoms. The number of rotatable bonds is 4. The van der Waals surface area contributed by atoms with Gasteiger partial charge < -0.3 is 36.0 Å². The number of benzene rings is 2. The SMILES string of the molecule is C[N+]1(C)C2CC(OC(=O)C(O)(c3cccc(Cl)c3)c3cccc(Cl)c3)C[C@H]1[C@H]1OC21.[Br-]. The second kappa shape index (κ2) is 8.01. The number of epoxide rings is 1. The van der Waals surface area contributed by atoms with Crippen molar-refractivity contribution >= 4 is 29.2 Å². The summed E-state index contributed by atoms with van der Waals surface area (Å²) in [5.74, 6) is -0.710. The minimum Gasteiger partial charge on any atom is -1.00 e. The molecule has 3 aliphatic heterocycles. The molecule has 5 nitrogen and oxygen atoms in total. The number of morpholine rings is 1. The smallest absolute Gasteiger partial charge is 0.347 e. The summed E-state index contributed by atoms with van der Waals surface area (Å²) >= 11 is 12.3. The van der Waals surface area contributed by atoms with Gasteiger partial charge in [-0.3, -0.25) is 0 Å². The van der Waals surface area contributed by atoms with Crippen molar-refractivity contribution in [2.24, 2.45) is 0 Å². The number of likely N-dealkylation sites (N-methyl/N-ethyl adjacent to an activating group) is 1. The first-order chi connectivity index (χ1) is 14.2. The molecule has 2 aromatic carbocycles. The maximum absolute atomic E-state index is 13.4. The van der Waals surface area contributed by atoms with Crippen LogP contribution < -0.4 is 17.0 Å². The molecule has 0 aromatic heterocycles. The van der Waals surface area contributed by atoms with Gasteiger partial charge in [0.2, 0.25) is 5.60 Å². The Morgan fingerprint density at radius 3 is 1.97 bits per heavy atom. The molecule has 31 heavy (non-hydrogen) atoms. The summed E-state index contributed by atoms with van der Waals surface area (Å²) in [6.07, 6.45) is 1.69. The highest BCUT2D eigenvalue weighted by atomic mass is 79.9. The van der Waals surface area contributed by atoms with E-state index in [2.05, 4.69) is 14.1 Å². The van der Waals surface area contributed by atoms with Crippen LogP contribution in [0.25, 0.3) is 0 Å². The number of aliphatic hydroxyl groups is 1. The second-order valence-electron chi connectivity index (χ2n) is 9.06. The highest BCUT2D eigenvalue weighted by Gasteiger charge is 2.71. The topological polar surface area (TPSA) is 59.1 Å². The standard InChI is InChI=1S/C23H24Cl2NO4.BrH/c1-26(2)18-11-17(12-19(26)21-20(18)30-21)29-22(27)23(28,13-5-3-7-15(24)9-13)14-6-4-8-16(25)10-14;/h3-10,17-21,28H,11-12H2,1-2H3;1H/q+1;/p-1/t17?,18-,19?,20+,21?;/m0./s1. The maximum atomic E-state index is 13.4. The van der Waals surface area contributed by atoms with E-state index in [1.54, 1.807) is 48.5 Å². The van der Waals surface area contributed by atoms with Crippen LogP contribution in [0.4, 0.5) is 0 Å². The van der Waals surface area contributed by atoms with Crippen molar-refractivity contribution in [3.8, 4) is 0 Å². The summed E-state index contributed by atoms with van der Waals surface area (Å²) in [5, 5.41) is 12.5. The Morgan fingerprint density at radius 1 is 1.03 bits per heavy atom. The summed E-state index contributed by atoms with van der Waals surface area (Å²) in [5.41, 5.74) is -1.30. The number of fused-ring (bicyclic) bond motifs is 5. The number of carbonyl (C=O) groups is 1. The van der Waals surface area contributed by atoms with E-state index in [1.165, 1.54) is 0 Å². The first-order valence-corrected chi connectivity index (χ1v) is 10.9. The quantitative estimate of drug-likeness (QED) is 0.357. The summed E-state index contributed by atoms with van der Waals surface area (Å²) in [4.78, 5) is 13.4. The van der Waals surface area contributed by atoms with Gasteiger partial charge >= 0.3 is 5.97 Å². The molecule has 166 valence electrons. The Bertz CT molecular complexity index is 951. The number of quaternary nitrogens is 1. The van der Waals surface area contributed by atoms with Crippen LogP contribution >= 0.6 is 23.2 Å². The Morgan fingerprint density at radius 2 is 1.52 bits per heavy atom. The molecule has 5 rings (SSSR count). The van der Waals surface area contributed by atoms with E-state index >= 15 is 0 Å². The van der Waals surface area contributed by atoms with E-state index in [0.717, 1.165) is 17.3 Å². The number of piperidine rings is 1. The van der Waals surface area contributed by atoms with Gasteiger partial charge in [-0.25, -0.2) is 4.79 Å². The van der Waals surface area contributed by atoms with Crippen LogP contribution in [0, 0.1) is 0 Å². The molecule has 0 aliphatic carbocycles. The van der Waals surface area contributed by atoms with Gasteiger partial charge in [-0.05, 0) is 24.3 Å². The summed E-state index contributed by atoms with van der Waals surface area (Å²) in [6, 6.07) is 13.9. The first-order valence-electron chi connectivity index (χ1n) is 10.2. The lowest BCUT2D eigenvalue weighted by Gasteiger charge is -2.45. The Kier molecular flexibility index (Phi) is 5.95. The molecule has 5 atom stereocenters. The highest BCUT2D eigenvalue weighted by Crippen LogP contribution is 2.52. The Labute approximate surface area is 202 Å². The number of hydrogen-bond acceptors (Lipinski definition) is 4. The van der Waals surface area contributed by atoms with Crippen LogP contribution in [-0.2, 0) is 19.9 Å². The number of ether oxygens (including phenoxy) is 2. The Balaban J connectivity index is 0.00000231. The van der Waals surface area contributed by atoms with Gasteiger partial charge in [0.15, 0.2) is 0 Å². The number of nitrogens with zero attached hydrogens (tertiary/aromatic N) is 1. The molecule has 3 saturated heterocycles. The van der Waals surface area contributed by atoms with Crippen LogP contribution in [0.1, 0.15) is 24.0 Å². The monoisotopic (exact) mass is 527 g/mol. The van der Waals surface area contributed by atoms with E-state index in [-0.39, 0.29) is 35.3 Å². The van der Waals surface area contributed by atoms with Gasteiger partial charge in [-0.2, -0.15) is 0 Å². The van der Waals surface area contributed by atoms with Crippen molar-refractivity contribution < 1.29 is 40.8 Å². The van der Waals surface area contributed by atoms with E-state index in [0.29, 0.717) is 33.3 Å². The maximum Gasteiger partial charge on any atom is 0.347 e. The average molecular weight is 529 g/mol. The van der Waals surface area contributed by atoms with Crippen molar-refractivity contribution in [2.75, 3.05) is 14.1 Å². The predicted molar refractivity (Wildman–Crippen MR) is 113 cm³/mol. The first kappa shape index (κ1) is 23.0. The van der Waals surface area contributed by atoms with E-state index < -0.39 is 11.6 Å². The van der Waals surface area contributed by atoms with Gasteiger partial charge in [0, 0.05) is 34.0 Å². The summed E-state index contributed by atoms with van der Waals surface area (Å²) < 4.78 is 12.7. The van der Waals surface area contributed by atoms with Crippen molar-refractivity contribution in [1.29, 1.82) is 0 Å². The van der Waals surface area contributed by atoms with Crippen LogP contribution in [0.3, 0.4) is 0 Å². The van der Waals surface area contributed by atoms with Gasteiger partial charge in [-0.15, -0.1) is 0 Å². The van der Waals surface area contributed by atoms with Crippen molar-refractivity contribution in [3.63, 3.8) is 0 Å². The number of carbonyl (C=O) groups excluding carboxylic acids is 1. The molecule has 1 N–H and O–H groups in total. The molecule has 2 aromatic rings. The molecule has 2 bridgehead atoms. The van der Waals surface area contributed by atoms with Crippen LogP contribution in [0.15, 0.2) is 48.5 Å². The molecular formula is C23H24BrCl2NO4. The summed E-state index contributed by atoms with van der Waals surface area (Å²) in [7, 11) is 4.44. The minimum atomic E-state index is -2.00. The fourth-order valence-corrected chi connectivity index (χ4v) is 5.75. The second-order valence-corrected chi connectivity index (χ2v) is 9.93. The van der Waals surface area contributed by atoms with Gasteiger partial charge in [0.25, 0.3) is 0 Å². The van der Waals surface area contributed by atoms with Crippen molar-refractivity contribution in [2.45, 2.75) is 48.8 Å². The van der Waals surface area contributed by atoms with Crippen LogP contribution in [0.5, 0.6) is 0 Å². The van der Waals surface area contributed by atoms with Gasteiger partial charge in [0.05, 0.1) is 14.1 Å². The molecule has 3 unspecified atom stereocenters. The molecular weight excluding hydrogens is 505 g/mol. The molecule has 0 saturated carbocycles. The lowest BCUT2D eigenvalue weighted by Crippen LogP contribution is -3.00. The van der Waals surface area contributed by atoms with Crippen molar-refractivity contribution in [3.05, 3.63) is 69.7 Å². The van der Waals surface area contributed by atoms with Gasteiger partial charge in [-0.1, -0.05) is 47.5 Å². The predicted octanol–water partition coefficient (Wildman–Crippen LogP) is 0.533. The zero-order chi connectivity index (χ0) is 21.3. The number of halogens is 3. The molecule has 3 fully saturated rings. The average Bonchev–Trinajstić information content (AvgIpc) is 3.45. The molecule has 0 amide bonds. The largest absolute Gasteiger partial charge is 1.00 e. The molecule has 8 heteroatoms. The minimum absolute atomic E-state index is 0. The normalized spacial score (nSPS) is 30.2. The van der Waals surface area contributed by atoms with Crippen LogP contribution in [0.2, 0.25) is 10.0 Å². The Hall–Kier alpha value is -1.15. The zero-order valence-corrected chi connectivity index (χ0v) is 20.3. The van der Waals surface area contributed by atoms with Gasteiger partial charge in [0.1, 0.15) is 30.4 Å². The zero-order valence-electron chi connectivity index (χ0n) is 17.2. The molecule has 0 radical (unpaired) electrons. The highest BCUT2D eigenvalue weighted by molar-refractivity contribution is 6.31. The van der Waals surface area contributed by atoms with Crippen molar-refractivity contribution in [1.82, 2.24) is 0 Å². The number of hydrogen-bond donors (Lipinski definition) is 1. The lowest BCUT2D eigenvalue weighted by atomic mass is 9.86. The van der Waals surface area contributed by atoms with Crippen LogP contribution in [-0.4, -0.2) is 60.0 Å². The van der Waals surface area contributed by atoms with E-state index in [1.807, 2.05) is 0 Å². The summed E-state index contributed by atoms with van der Waals surface area (Å²) in [6.45, 7) is 0. The number of esters is 1. The third kappa shape index (κ3) is 3.71.